The highest BCUT2D eigenvalue weighted by Gasteiger charge is 2.26. The van der Waals surface area contributed by atoms with E-state index in [9.17, 15) is 8.42 Å². The van der Waals surface area contributed by atoms with E-state index in [0.717, 1.165) is 18.4 Å². The second-order valence-corrected chi connectivity index (χ2v) is 6.58. The molecule has 6 heteroatoms. The normalized spacial score (nSPS) is 18.6. The minimum Gasteiger partial charge on any atom is -0.281 e. The van der Waals surface area contributed by atoms with Crippen molar-refractivity contribution in [2.75, 3.05) is 13.1 Å². The quantitative estimate of drug-likeness (QED) is 0.837. The van der Waals surface area contributed by atoms with Gasteiger partial charge in [0.25, 0.3) is 0 Å². The summed E-state index contributed by atoms with van der Waals surface area (Å²) in [6.07, 6.45) is 1.80. The third-order valence-corrected chi connectivity index (χ3v) is 4.70. The lowest BCUT2D eigenvalue weighted by Gasteiger charge is -2.29. The zero-order valence-corrected chi connectivity index (χ0v) is 11.9. The van der Waals surface area contributed by atoms with Crippen LogP contribution >= 0.6 is 0 Å². The summed E-state index contributed by atoms with van der Waals surface area (Å²) in [5, 5.41) is 0. The Morgan fingerprint density at radius 2 is 1.89 bits per heavy atom. The van der Waals surface area contributed by atoms with Gasteiger partial charge in [-0.25, -0.2) is 0 Å². The molecule has 19 heavy (non-hydrogen) atoms. The molecule has 1 fully saturated rings. The number of hydrogen-bond donors (Lipinski definition) is 1. The molecule has 0 aromatic heterocycles. The summed E-state index contributed by atoms with van der Waals surface area (Å²) in [6.45, 7) is 3.49. The zero-order valence-electron chi connectivity index (χ0n) is 11.1. The molecule has 0 unspecified atom stereocenters. The van der Waals surface area contributed by atoms with E-state index in [1.807, 2.05) is 30.3 Å². The molecule has 1 aliphatic rings. The van der Waals surface area contributed by atoms with E-state index in [-0.39, 0.29) is 6.61 Å². The van der Waals surface area contributed by atoms with E-state index >= 15 is 0 Å². The van der Waals surface area contributed by atoms with Crippen LogP contribution < -0.4 is 4.89 Å². The molecule has 0 bridgehead atoms. The van der Waals surface area contributed by atoms with Crippen molar-refractivity contribution < 1.29 is 13.3 Å². The van der Waals surface area contributed by atoms with E-state index in [4.69, 9.17) is 4.84 Å². The van der Waals surface area contributed by atoms with Crippen LogP contribution in [0.15, 0.2) is 30.3 Å². The Labute approximate surface area is 114 Å². The minimum atomic E-state index is -3.52. The van der Waals surface area contributed by atoms with Gasteiger partial charge in [-0.05, 0) is 24.3 Å². The van der Waals surface area contributed by atoms with E-state index in [1.165, 1.54) is 4.31 Å². The van der Waals surface area contributed by atoms with Crippen LogP contribution in [-0.4, -0.2) is 25.8 Å². The average molecular weight is 284 g/mol. The van der Waals surface area contributed by atoms with Crippen LogP contribution in [-0.2, 0) is 21.7 Å². The number of nitrogens with one attached hydrogen (secondary N) is 1. The minimum absolute atomic E-state index is 0.227. The second kappa shape index (κ2) is 6.47. The molecule has 1 heterocycles. The third kappa shape index (κ3) is 4.28. The van der Waals surface area contributed by atoms with Crippen LogP contribution in [0.1, 0.15) is 25.3 Å². The van der Waals surface area contributed by atoms with Crippen molar-refractivity contribution in [3.05, 3.63) is 35.9 Å². The molecule has 1 saturated heterocycles. The number of nitrogens with zero attached hydrogens (tertiary/aromatic N) is 1. The van der Waals surface area contributed by atoms with Crippen LogP contribution in [0.3, 0.4) is 0 Å². The highest BCUT2D eigenvalue weighted by Crippen LogP contribution is 2.17. The molecule has 0 aliphatic carbocycles. The van der Waals surface area contributed by atoms with E-state index in [0.29, 0.717) is 19.0 Å². The lowest BCUT2D eigenvalue weighted by molar-refractivity contribution is 0.0733. The first-order valence-corrected chi connectivity index (χ1v) is 7.94. The summed E-state index contributed by atoms with van der Waals surface area (Å²) in [7, 11) is -3.52. The number of piperidine rings is 1. The van der Waals surface area contributed by atoms with Crippen molar-refractivity contribution in [3.8, 4) is 0 Å². The van der Waals surface area contributed by atoms with Crippen molar-refractivity contribution in [1.29, 1.82) is 0 Å². The molecule has 1 aromatic carbocycles. The lowest BCUT2D eigenvalue weighted by atomic mass is 10.0. The van der Waals surface area contributed by atoms with Crippen molar-refractivity contribution in [2.24, 2.45) is 5.92 Å². The third-order valence-electron chi connectivity index (χ3n) is 3.33. The van der Waals surface area contributed by atoms with Gasteiger partial charge in [0.15, 0.2) is 0 Å². The topological polar surface area (TPSA) is 58.6 Å². The SMILES string of the molecule is CC1CCN(S(=O)(=O)NOCc2ccccc2)CC1. The molecule has 0 radical (unpaired) electrons. The fourth-order valence-electron chi connectivity index (χ4n) is 2.04. The molecule has 0 saturated carbocycles. The zero-order chi connectivity index (χ0) is 13.7. The maximum atomic E-state index is 12.0. The smallest absolute Gasteiger partial charge is 0.281 e. The Bertz CT molecular complexity index is 482. The molecule has 2 rings (SSSR count). The summed E-state index contributed by atoms with van der Waals surface area (Å²) in [5.41, 5.74) is 0.928. The molecular formula is C13H20N2O3S. The van der Waals surface area contributed by atoms with Crippen LogP contribution in [0.2, 0.25) is 0 Å². The largest absolute Gasteiger partial charge is 0.301 e. The first kappa shape index (κ1) is 14.5. The Morgan fingerprint density at radius 3 is 2.53 bits per heavy atom. The van der Waals surface area contributed by atoms with E-state index < -0.39 is 10.2 Å². The summed E-state index contributed by atoms with van der Waals surface area (Å²) in [6, 6.07) is 9.45. The van der Waals surface area contributed by atoms with Gasteiger partial charge >= 0.3 is 10.2 Å². The Hall–Kier alpha value is -0.950. The molecule has 106 valence electrons. The van der Waals surface area contributed by atoms with Crippen LogP contribution in [0.5, 0.6) is 0 Å². The Kier molecular flexibility index (Phi) is 4.93. The maximum Gasteiger partial charge on any atom is 0.301 e. The van der Waals surface area contributed by atoms with Crippen LogP contribution in [0.4, 0.5) is 0 Å². The van der Waals surface area contributed by atoms with Gasteiger partial charge in [-0.15, -0.1) is 0 Å². The highest BCUT2D eigenvalue weighted by molar-refractivity contribution is 7.87. The Balaban J connectivity index is 1.81. The predicted octanol–water partition coefficient (Wildman–Crippen LogP) is 1.68. The van der Waals surface area contributed by atoms with Gasteiger partial charge in [0, 0.05) is 13.1 Å². The number of benzene rings is 1. The molecule has 0 amide bonds. The number of hydrogen-bond acceptors (Lipinski definition) is 3. The standard InChI is InChI=1S/C13H20N2O3S/c1-12-7-9-15(10-8-12)19(16,17)14-18-11-13-5-3-2-4-6-13/h2-6,12,14H,7-11H2,1H3. The Morgan fingerprint density at radius 1 is 1.26 bits per heavy atom. The van der Waals surface area contributed by atoms with Gasteiger partial charge in [-0.3, -0.25) is 4.84 Å². The summed E-state index contributed by atoms with van der Waals surface area (Å²) >= 11 is 0. The van der Waals surface area contributed by atoms with Gasteiger partial charge in [-0.2, -0.15) is 12.7 Å². The summed E-state index contributed by atoms with van der Waals surface area (Å²) < 4.78 is 25.4. The van der Waals surface area contributed by atoms with Crippen molar-refractivity contribution in [2.45, 2.75) is 26.4 Å². The molecule has 5 nitrogen and oxygen atoms in total. The van der Waals surface area contributed by atoms with E-state index in [2.05, 4.69) is 11.8 Å². The van der Waals surface area contributed by atoms with Gasteiger partial charge in [-0.1, -0.05) is 42.1 Å². The number of rotatable bonds is 5. The maximum absolute atomic E-state index is 12.0. The fraction of sp³-hybridized carbons (Fsp3) is 0.538. The van der Waals surface area contributed by atoms with Crippen molar-refractivity contribution in [1.82, 2.24) is 9.19 Å². The monoisotopic (exact) mass is 284 g/mol. The summed E-state index contributed by atoms with van der Waals surface area (Å²) in [5.74, 6) is 0.594. The lowest BCUT2D eigenvalue weighted by Crippen LogP contribution is -2.44. The van der Waals surface area contributed by atoms with Crippen molar-refractivity contribution >= 4 is 10.2 Å². The van der Waals surface area contributed by atoms with E-state index in [1.54, 1.807) is 0 Å². The molecule has 0 spiro atoms. The van der Waals surface area contributed by atoms with Crippen molar-refractivity contribution in [3.63, 3.8) is 0 Å². The van der Waals surface area contributed by atoms with Gasteiger partial charge < -0.3 is 0 Å². The molecule has 1 aliphatic heterocycles. The highest BCUT2D eigenvalue weighted by atomic mass is 32.2. The van der Waals surface area contributed by atoms with Crippen LogP contribution in [0.25, 0.3) is 0 Å². The van der Waals surface area contributed by atoms with Gasteiger partial charge in [0.2, 0.25) is 0 Å². The predicted molar refractivity (Wildman–Crippen MR) is 73.3 cm³/mol. The van der Waals surface area contributed by atoms with Gasteiger partial charge in [0.1, 0.15) is 0 Å². The second-order valence-electron chi connectivity index (χ2n) is 4.94. The van der Waals surface area contributed by atoms with Crippen LogP contribution in [0, 0.1) is 5.92 Å². The first-order valence-electron chi connectivity index (χ1n) is 6.50. The molecule has 0 atom stereocenters. The average Bonchev–Trinajstić information content (AvgIpc) is 2.40. The fourth-order valence-corrected chi connectivity index (χ4v) is 3.04. The molecule has 1 N–H and O–H groups in total. The van der Waals surface area contributed by atoms with Gasteiger partial charge in [0.05, 0.1) is 6.61 Å². The first-order chi connectivity index (χ1) is 9.08. The summed E-state index contributed by atoms with van der Waals surface area (Å²) in [4.78, 5) is 7.28. The molecular weight excluding hydrogens is 264 g/mol. The molecule has 1 aromatic rings.